The Kier molecular flexibility index (Phi) is 3.60. The molecule has 0 fully saturated rings. The molecule has 0 aliphatic heterocycles. The lowest BCUT2D eigenvalue weighted by molar-refractivity contribution is -0.148. The second kappa shape index (κ2) is 4.74. The van der Waals surface area contributed by atoms with Gasteiger partial charge in [0.1, 0.15) is 6.07 Å². The number of ether oxygens (including phenoxy) is 1. The monoisotopic (exact) mass is 235 g/mol. The van der Waals surface area contributed by atoms with E-state index in [9.17, 15) is 17.6 Å². The minimum Gasteiger partial charge on any atom is -0.469 e. The molecule has 1 heterocycles. The highest BCUT2D eigenvalue weighted by atomic mass is 19.3. The summed E-state index contributed by atoms with van der Waals surface area (Å²) in [6.07, 6.45) is -1.59. The Labute approximate surface area is 87.5 Å². The maximum Gasteiger partial charge on any atom is 0.340 e. The summed E-state index contributed by atoms with van der Waals surface area (Å²) in [5.41, 5.74) is -0.340. The number of nitrogens with zero attached hydrogens (tertiary/aromatic N) is 3. The summed E-state index contributed by atoms with van der Waals surface area (Å²) < 4.78 is 52.8. The number of alkyl halides is 4. The van der Waals surface area contributed by atoms with Gasteiger partial charge in [-0.3, -0.25) is 0 Å². The van der Waals surface area contributed by atoms with Crippen molar-refractivity contribution in [2.75, 3.05) is 6.61 Å². The fraction of sp³-hybridized carbons (Fsp3) is 0.375. The van der Waals surface area contributed by atoms with Crippen LogP contribution in [0.1, 0.15) is 5.69 Å². The predicted molar refractivity (Wildman–Crippen MR) is 43.2 cm³/mol. The van der Waals surface area contributed by atoms with Crippen LogP contribution in [0.15, 0.2) is 12.4 Å². The first-order chi connectivity index (χ1) is 7.47. The van der Waals surface area contributed by atoms with Crippen LogP contribution in [-0.2, 0) is 0 Å². The largest absolute Gasteiger partial charge is 0.469 e. The highest BCUT2D eigenvalue weighted by Crippen LogP contribution is 2.24. The molecular weight excluding hydrogens is 230 g/mol. The third kappa shape index (κ3) is 2.79. The Morgan fingerprint density at radius 1 is 1.38 bits per heavy atom. The molecule has 0 saturated heterocycles. The predicted octanol–water partition coefficient (Wildman–Crippen LogP) is 1.63. The molecule has 86 valence electrons. The van der Waals surface area contributed by atoms with Gasteiger partial charge < -0.3 is 4.74 Å². The Morgan fingerprint density at radius 3 is 2.56 bits per heavy atom. The summed E-state index contributed by atoms with van der Waals surface area (Å²) in [6, 6.07) is 1.53. The number of nitriles is 1. The number of rotatable bonds is 4. The summed E-state index contributed by atoms with van der Waals surface area (Å²) in [4.78, 5) is 6.89. The van der Waals surface area contributed by atoms with E-state index in [1.54, 1.807) is 0 Å². The zero-order valence-electron chi connectivity index (χ0n) is 7.70. The Hall–Kier alpha value is -1.91. The highest BCUT2D eigenvalue weighted by Gasteiger charge is 2.42. The Morgan fingerprint density at radius 2 is 2.00 bits per heavy atom. The van der Waals surface area contributed by atoms with Crippen LogP contribution < -0.4 is 4.74 Å². The van der Waals surface area contributed by atoms with E-state index < -0.39 is 24.8 Å². The van der Waals surface area contributed by atoms with Crippen LogP contribution in [0.25, 0.3) is 0 Å². The Balaban J connectivity index is 2.72. The number of aromatic nitrogens is 2. The first-order valence-electron chi connectivity index (χ1n) is 3.97. The molecule has 1 aromatic heterocycles. The van der Waals surface area contributed by atoms with E-state index in [4.69, 9.17) is 5.26 Å². The van der Waals surface area contributed by atoms with Crippen LogP contribution in [-0.4, -0.2) is 28.9 Å². The average Bonchev–Trinajstić information content (AvgIpc) is 2.26. The summed E-state index contributed by atoms with van der Waals surface area (Å²) in [5, 5.41) is 8.49. The SMILES string of the molecule is N#Cc1nccnc1OCC(F)(F)C(F)F. The van der Waals surface area contributed by atoms with Crippen LogP contribution >= 0.6 is 0 Å². The zero-order chi connectivity index (χ0) is 12.2. The van der Waals surface area contributed by atoms with E-state index in [1.165, 1.54) is 6.07 Å². The molecule has 1 aromatic rings. The van der Waals surface area contributed by atoms with Crippen molar-refractivity contribution in [1.29, 1.82) is 5.26 Å². The van der Waals surface area contributed by atoms with Crippen molar-refractivity contribution < 1.29 is 22.3 Å². The standard InChI is InChI=1S/C8H5F4N3O/c9-7(10)8(11,12)4-16-6-5(3-13)14-1-2-15-6/h1-2,7H,4H2. The van der Waals surface area contributed by atoms with Gasteiger partial charge in [0.15, 0.2) is 6.61 Å². The topological polar surface area (TPSA) is 58.8 Å². The van der Waals surface area contributed by atoms with Crippen molar-refractivity contribution in [3.8, 4) is 11.9 Å². The molecule has 8 heteroatoms. The second-order valence-electron chi connectivity index (χ2n) is 2.67. The average molecular weight is 235 g/mol. The van der Waals surface area contributed by atoms with Crippen LogP contribution in [0, 0.1) is 11.3 Å². The van der Waals surface area contributed by atoms with Gasteiger partial charge in [-0.2, -0.15) is 14.0 Å². The molecule has 0 N–H and O–H groups in total. The normalized spacial score (nSPS) is 11.2. The molecule has 0 aliphatic rings. The lowest BCUT2D eigenvalue weighted by atomic mass is 10.4. The quantitative estimate of drug-likeness (QED) is 0.744. The molecule has 0 radical (unpaired) electrons. The molecule has 0 atom stereocenters. The third-order valence-electron chi connectivity index (χ3n) is 1.49. The summed E-state index contributed by atoms with van der Waals surface area (Å²) in [5.74, 6) is -4.78. The fourth-order valence-electron chi connectivity index (χ4n) is 0.735. The fourth-order valence-corrected chi connectivity index (χ4v) is 0.735. The van der Waals surface area contributed by atoms with Gasteiger partial charge in [-0.25, -0.2) is 18.7 Å². The molecule has 0 unspecified atom stereocenters. The van der Waals surface area contributed by atoms with Gasteiger partial charge >= 0.3 is 12.3 Å². The summed E-state index contributed by atoms with van der Waals surface area (Å²) >= 11 is 0. The summed E-state index contributed by atoms with van der Waals surface area (Å²) in [7, 11) is 0. The molecular formula is C8H5F4N3O. The van der Waals surface area contributed by atoms with E-state index in [0.717, 1.165) is 12.4 Å². The van der Waals surface area contributed by atoms with Gasteiger partial charge in [-0.1, -0.05) is 0 Å². The second-order valence-corrected chi connectivity index (χ2v) is 2.67. The summed E-state index contributed by atoms with van der Waals surface area (Å²) in [6.45, 7) is -1.56. The van der Waals surface area contributed by atoms with E-state index in [0.29, 0.717) is 0 Å². The van der Waals surface area contributed by atoms with Gasteiger partial charge in [-0.05, 0) is 0 Å². The van der Waals surface area contributed by atoms with Crippen molar-refractivity contribution in [3.05, 3.63) is 18.1 Å². The molecule has 0 spiro atoms. The van der Waals surface area contributed by atoms with Crippen molar-refractivity contribution in [2.45, 2.75) is 12.3 Å². The van der Waals surface area contributed by atoms with Crippen LogP contribution in [0.2, 0.25) is 0 Å². The minimum atomic E-state index is -4.29. The zero-order valence-corrected chi connectivity index (χ0v) is 7.70. The number of hydrogen-bond donors (Lipinski definition) is 0. The lowest BCUT2D eigenvalue weighted by Gasteiger charge is -2.15. The van der Waals surface area contributed by atoms with Crippen molar-refractivity contribution in [3.63, 3.8) is 0 Å². The maximum atomic E-state index is 12.5. The third-order valence-corrected chi connectivity index (χ3v) is 1.49. The molecule has 0 amide bonds. The molecule has 0 aliphatic carbocycles. The molecule has 0 bridgehead atoms. The smallest absolute Gasteiger partial charge is 0.340 e. The van der Waals surface area contributed by atoms with E-state index in [1.807, 2.05) is 0 Å². The molecule has 0 aromatic carbocycles. The maximum absolute atomic E-state index is 12.5. The van der Waals surface area contributed by atoms with Crippen LogP contribution in [0.3, 0.4) is 0 Å². The highest BCUT2D eigenvalue weighted by molar-refractivity contribution is 5.29. The van der Waals surface area contributed by atoms with E-state index in [-0.39, 0.29) is 5.69 Å². The van der Waals surface area contributed by atoms with E-state index >= 15 is 0 Å². The van der Waals surface area contributed by atoms with Crippen LogP contribution in [0.5, 0.6) is 5.88 Å². The van der Waals surface area contributed by atoms with Crippen molar-refractivity contribution in [2.24, 2.45) is 0 Å². The van der Waals surface area contributed by atoms with Gasteiger partial charge in [0.25, 0.3) is 5.88 Å². The first-order valence-corrected chi connectivity index (χ1v) is 3.97. The molecule has 0 saturated carbocycles. The number of hydrogen-bond acceptors (Lipinski definition) is 4. The van der Waals surface area contributed by atoms with Gasteiger partial charge in [0.05, 0.1) is 0 Å². The van der Waals surface area contributed by atoms with Crippen molar-refractivity contribution >= 4 is 0 Å². The van der Waals surface area contributed by atoms with Gasteiger partial charge in [-0.15, -0.1) is 0 Å². The van der Waals surface area contributed by atoms with Gasteiger partial charge in [0, 0.05) is 12.4 Å². The lowest BCUT2D eigenvalue weighted by Crippen LogP contribution is -2.34. The molecule has 16 heavy (non-hydrogen) atoms. The molecule has 4 nitrogen and oxygen atoms in total. The van der Waals surface area contributed by atoms with E-state index in [2.05, 4.69) is 14.7 Å². The minimum absolute atomic E-state index is 0.340. The van der Waals surface area contributed by atoms with Gasteiger partial charge in [0.2, 0.25) is 5.69 Å². The molecule has 1 rings (SSSR count). The number of halogens is 4. The first kappa shape index (κ1) is 12.2. The van der Waals surface area contributed by atoms with Crippen LogP contribution in [0.4, 0.5) is 17.6 Å². The Bertz CT molecular complexity index is 405. The van der Waals surface area contributed by atoms with Crippen molar-refractivity contribution in [1.82, 2.24) is 9.97 Å².